The number of nitrogens with zero attached hydrogens (tertiary/aromatic N) is 4. The topological polar surface area (TPSA) is 105 Å². The van der Waals surface area contributed by atoms with E-state index in [0.717, 1.165) is 61.1 Å². The number of amides is 1. The van der Waals surface area contributed by atoms with Crippen LogP contribution in [0.2, 0.25) is 0 Å². The van der Waals surface area contributed by atoms with Crippen LogP contribution >= 0.6 is 0 Å². The van der Waals surface area contributed by atoms with Crippen LogP contribution in [0, 0.1) is 0 Å². The van der Waals surface area contributed by atoms with Gasteiger partial charge in [-0.2, -0.15) is 10.2 Å². The lowest BCUT2D eigenvalue weighted by Crippen LogP contribution is -2.38. The van der Waals surface area contributed by atoms with E-state index in [1.54, 1.807) is 10.7 Å². The third kappa shape index (κ3) is 4.05. The summed E-state index contributed by atoms with van der Waals surface area (Å²) in [7, 11) is 0. The molecule has 9 heteroatoms. The predicted octanol–water partition coefficient (Wildman–Crippen LogP) is 2.86. The van der Waals surface area contributed by atoms with Gasteiger partial charge in [0.2, 0.25) is 0 Å². The molecule has 6 rings (SSSR count). The Morgan fingerprint density at radius 3 is 2.60 bits per heavy atom. The van der Waals surface area contributed by atoms with Crippen LogP contribution in [0.5, 0.6) is 0 Å². The quantitative estimate of drug-likeness (QED) is 0.473. The number of carbonyl (C=O) groups is 1. The second kappa shape index (κ2) is 9.14. The molecule has 1 aliphatic carbocycles. The highest BCUT2D eigenvalue weighted by atomic mass is 16.5. The van der Waals surface area contributed by atoms with Crippen molar-refractivity contribution in [2.45, 2.75) is 37.6 Å². The Morgan fingerprint density at radius 1 is 1.03 bits per heavy atom. The van der Waals surface area contributed by atoms with Crippen molar-refractivity contribution in [1.29, 1.82) is 0 Å². The minimum atomic E-state index is -0.157. The summed E-state index contributed by atoms with van der Waals surface area (Å²) < 4.78 is 7.28. The molecule has 1 aromatic carbocycles. The molecule has 1 amide bonds. The number of H-pyrrole nitrogens is 1. The lowest BCUT2D eigenvalue weighted by molar-refractivity contribution is 0.0927. The number of pyridine rings is 1. The fourth-order valence-electron chi connectivity index (χ4n) is 5.47. The normalized spacial score (nSPS) is 20.9. The van der Waals surface area contributed by atoms with E-state index in [1.165, 1.54) is 0 Å². The van der Waals surface area contributed by atoms with E-state index >= 15 is 0 Å². The molecule has 0 radical (unpaired) electrons. The Balaban J connectivity index is 1.18. The SMILES string of the molecule is O=C(N[C@H]1CC[C@H](c2n[nH]c(=O)c3ccccc32)CC1)c1cnn2cccc(N3CCOCC3)c12. The van der Waals surface area contributed by atoms with Gasteiger partial charge >= 0.3 is 0 Å². The number of fused-ring (bicyclic) bond motifs is 2. The monoisotopic (exact) mass is 472 g/mol. The maximum atomic E-state index is 13.3. The Hall–Kier alpha value is -3.72. The molecule has 35 heavy (non-hydrogen) atoms. The van der Waals surface area contributed by atoms with Crippen molar-refractivity contribution >= 4 is 27.9 Å². The van der Waals surface area contributed by atoms with Gasteiger partial charge < -0.3 is 15.0 Å². The molecule has 9 nitrogen and oxygen atoms in total. The van der Waals surface area contributed by atoms with Crippen molar-refractivity contribution in [1.82, 2.24) is 25.1 Å². The Labute approximate surface area is 202 Å². The van der Waals surface area contributed by atoms with E-state index in [-0.39, 0.29) is 23.4 Å². The van der Waals surface area contributed by atoms with E-state index in [0.29, 0.717) is 24.2 Å². The second-order valence-corrected chi connectivity index (χ2v) is 9.35. The highest BCUT2D eigenvalue weighted by molar-refractivity contribution is 6.04. The Bertz CT molecular complexity index is 1430. The predicted molar refractivity (Wildman–Crippen MR) is 133 cm³/mol. The number of morpholine rings is 1. The van der Waals surface area contributed by atoms with Crippen molar-refractivity contribution < 1.29 is 9.53 Å². The maximum Gasteiger partial charge on any atom is 0.272 e. The van der Waals surface area contributed by atoms with E-state index in [9.17, 15) is 9.59 Å². The van der Waals surface area contributed by atoms with Crippen LogP contribution in [-0.2, 0) is 4.74 Å². The number of carbonyl (C=O) groups excluding carboxylic acids is 1. The van der Waals surface area contributed by atoms with E-state index in [2.05, 4.69) is 25.5 Å². The molecule has 180 valence electrons. The van der Waals surface area contributed by atoms with Gasteiger partial charge in [-0.1, -0.05) is 18.2 Å². The van der Waals surface area contributed by atoms with Gasteiger partial charge in [-0.25, -0.2) is 9.61 Å². The smallest absolute Gasteiger partial charge is 0.272 e. The van der Waals surface area contributed by atoms with Crippen LogP contribution in [0.3, 0.4) is 0 Å². The van der Waals surface area contributed by atoms with Crippen LogP contribution in [0.15, 0.2) is 53.6 Å². The van der Waals surface area contributed by atoms with Crippen LogP contribution in [0.1, 0.15) is 47.7 Å². The first kappa shape index (κ1) is 21.8. The molecule has 2 fully saturated rings. The first-order valence-corrected chi connectivity index (χ1v) is 12.3. The minimum absolute atomic E-state index is 0.0863. The van der Waals surface area contributed by atoms with Gasteiger partial charge in [-0.3, -0.25) is 9.59 Å². The number of anilines is 1. The average Bonchev–Trinajstić information content (AvgIpc) is 3.35. The molecule has 4 aromatic rings. The second-order valence-electron chi connectivity index (χ2n) is 9.35. The van der Waals surface area contributed by atoms with Crippen LogP contribution in [0.25, 0.3) is 16.3 Å². The van der Waals surface area contributed by atoms with Crippen molar-refractivity contribution in [2.75, 3.05) is 31.2 Å². The van der Waals surface area contributed by atoms with Gasteiger partial charge in [0.25, 0.3) is 11.5 Å². The zero-order valence-electron chi connectivity index (χ0n) is 19.4. The number of hydrogen-bond acceptors (Lipinski definition) is 6. The summed E-state index contributed by atoms with van der Waals surface area (Å²) in [6, 6.07) is 11.7. The summed E-state index contributed by atoms with van der Waals surface area (Å²) in [5.74, 6) is 0.173. The molecule has 0 unspecified atom stereocenters. The third-order valence-corrected chi connectivity index (χ3v) is 7.29. The molecule has 3 aromatic heterocycles. The molecule has 1 saturated carbocycles. The summed E-state index contributed by atoms with van der Waals surface area (Å²) in [5, 5.41) is 16.3. The standard InChI is InChI=1S/C26H28N6O3/c33-25(21-16-27-32-11-3-6-22(24(21)32)31-12-14-35-15-13-31)28-18-9-7-17(8-10-18)23-19-4-1-2-5-20(19)26(34)30-29-23/h1-6,11,16-18H,7-10,12-15H2,(H,28,33)(H,30,34)/t17-,18-. The van der Waals surface area contributed by atoms with Crippen LogP contribution in [0.4, 0.5) is 5.69 Å². The van der Waals surface area contributed by atoms with Gasteiger partial charge in [0.1, 0.15) is 5.52 Å². The van der Waals surface area contributed by atoms with Gasteiger partial charge in [0, 0.05) is 36.6 Å². The lowest BCUT2D eigenvalue weighted by atomic mass is 9.82. The molecule has 0 spiro atoms. The number of hydrogen-bond donors (Lipinski definition) is 2. The van der Waals surface area contributed by atoms with Gasteiger partial charge in [-0.15, -0.1) is 0 Å². The third-order valence-electron chi connectivity index (χ3n) is 7.29. The van der Waals surface area contributed by atoms with Crippen molar-refractivity contribution in [3.8, 4) is 0 Å². The van der Waals surface area contributed by atoms with Gasteiger partial charge in [0.15, 0.2) is 0 Å². The number of nitrogens with one attached hydrogen (secondary N) is 2. The Morgan fingerprint density at radius 2 is 1.80 bits per heavy atom. The summed E-state index contributed by atoms with van der Waals surface area (Å²) in [4.78, 5) is 27.7. The van der Waals surface area contributed by atoms with Crippen molar-refractivity contribution in [3.63, 3.8) is 0 Å². The lowest BCUT2D eigenvalue weighted by Gasteiger charge is -2.30. The van der Waals surface area contributed by atoms with Crippen molar-refractivity contribution in [3.05, 3.63) is 70.4 Å². The number of aromatic nitrogens is 4. The number of aromatic amines is 1. The fraction of sp³-hybridized carbons (Fsp3) is 0.385. The van der Waals surface area contributed by atoms with Gasteiger partial charge in [0.05, 0.1) is 41.7 Å². The number of ether oxygens (including phenoxy) is 1. The maximum absolute atomic E-state index is 13.3. The highest BCUT2D eigenvalue weighted by Crippen LogP contribution is 2.34. The molecule has 2 aliphatic rings. The Kier molecular flexibility index (Phi) is 5.69. The summed E-state index contributed by atoms with van der Waals surface area (Å²) in [5.41, 5.74) is 3.24. The molecule has 2 N–H and O–H groups in total. The van der Waals surface area contributed by atoms with E-state index in [1.807, 2.05) is 42.6 Å². The average molecular weight is 473 g/mol. The van der Waals surface area contributed by atoms with Crippen LogP contribution < -0.4 is 15.8 Å². The molecule has 1 aliphatic heterocycles. The molecule has 4 heterocycles. The zero-order chi connectivity index (χ0) is 23.8. The van der Waals surface area contributed by atoms with Crippen LogP contribution in [-0.4, -0.2) is 58.1 Å². The first-order valence-electron chi connectivity index (χ1n) is 12.3. The van der Waals surface area contributed by atoms with Gasteiger partial charge in [-0.05, 0) is 43.9 Å². The number of benzene rings is 1. The molecule has 0 bridgehead atoms. The highest BCUT2D eigenvalue weighted by Gasteiger charge is 2.28. The zero-order valence-corrected chi connectivity index (χ0v) is 19.4. The molecular weight excluding hydrogens is 444 g/mol. The molecule has 1 saturated heterocycles. The van der Waals surface area contributed by atoms with E-state index < -0.39 is 0 Å². The molecule has 0 atom stereocenters. The molecular formula is C26H28N6O3. The summed E-state index contributed by atoms with van der Waals surface area (Å²) in [6.45, 7) is 2.95. The fourth-order valence-corrected chi connectivity index (χ4v) is 5.47. The first-order chi connectivity index (χ1) is 17.2. The number of rotatable bonds is 4. The summed E-state index contributed by atoms with van der Waals surface area (Å²) in [6.07, 6.45) is 7.07. The van der Waals surface area contributed by atoms with E-state index in [4.69, 9.17) is 4.74 Å². The largest absolute Gasteiger partial charge is 0.378 e. The summed E-state index contributed by atoms with van der Waals surface area (Å²) >= 11 is 0. The minimum Gasteiger partial charge on any atom is -0.378 e. The van der Waals surface area contributed by atoms with Crippen molar-refractivity contribution in [2.24, 2.45) is 0 Å².